The van der Waals surface area contributed by atoms with E-state index in [1.807, 2.05) is 62.4 Å². The number of methoxy groups -OCH3 is 1. The topological polar surface area (TPSA) is 80.6 Å². The van der Waals surface area contributed by atoms with Crippen LogP contribution in [-0.4, -0.2) is 25.4 Å². The number of allylic oxidation sites excluding steroid dienone is 2. The number of rotatable bonds is 10. The lowest BCUT2D eigenvalue weighted by molar-refractivity contribution is -0.138. The van der Waals surface area contributed by atoms with E-state index in [0.29, 0.717) is 34.9 Å². The molecule has 2 aromatic rings. The van der Waals surface area contributed by atoms with Crippen LogP contribution in [0.25, 0.3) is 0 Å². The van der Waals surface area contributed by atoms with Gasteiger partial charge in [0, 0.05) is 5.70 Å². The highest BCUT2D eigenvalue weighted by Gasteiger charge is 2.35. The highest BCUT2D eigenvalue weighted by Crippen LogP contribution is 2.43. The van der Waals surface area contributed by atoms with E-state index >= 15 is 0 Å². The fourth-order valence-corrected chi connectivity index (χ4v) is 4.54. The van der Waals surface area contributed by atoms with E-state index in [0.717, 1.165) is 21.9 Å². The molecule has 1 N–H and O–H groups in total. The zero-order chi connectivity index (χ0) is 24.5. The van der Waals surface area contributed by atoms with Crippen LogP contribution in [0.5, 0.6) is 11.5 Å². The van der Waals surface area contributed by atoms with Crippen LogP contribution < -0.4 is 14.8 Å². The Morgan fingerprint density at radius 3 is 2.65 bits per heavy atom. The van der Waals surface area contributed by atoms with Crippen molar-refractivity contribution in [2.45, 2.75) is 26.4 Å². The zero-order valence-corrected chi connectivity index (χ0v) is 20.4. The molecule has 2 aromatic carbocycles. The molecule has 0 unspecified atom stereocenters. The Kier molecular flexibility index (Phi) is 8.83. The van der Waals surface area contributed by atoms with Crippen LogP contribution in [0.2, 0.25) is 0 Å². The third-order valence-corrected chi connectivity index (χ3v) is 6.15. The van der Waals surface area contributed by atoms with E-state index in [4.69, 9.17) is 14.2 Å². The Morgan fingerprint density at radius 2 is 2.00 bits per heavy atom. The molecule has 34 heavy (non-hydrogen) atoms. The third-order valence-electron chi connectivity index (χ3n) is 5.25. The normalized spacial score (nSPS) is 15.3. The summed E-state index contributed by atoms with van der Waals surface area (Å²) >= 11 is 1.53. The first-order valence-corrected chi connectivity index (χ1v) is 11.9. The van der Waals surface area contributed by atoms with E-state index < -0.39 is 11.9 Å². The minimum Gasteiger partial charge on any atom is -0.493 e. The molecule has 0 aromatic heterocycles. The number of benzene rings is 2. The van der Waals surface area contributed by atoms with Gasteiger partial charge in [-0.15, -0.1) is 11.8 Å². The Balaban J connectivity index is 2.02. The number of nitrogens with one attached hydrogen (secondary N) is 1. The number of ether oxygens (including phenoxy) is 3. The predicted octanol–water partition coefficient (Wildman–Crippen LogP) is 5.45. The summed E-state index contributed by atoms with van der Waals surface area (Å²) < 4.78 is 16.9. The minimum atomic E-state index is -0.602. The van der Waals surface area contributed by atoms with Gasteiger partial charge >= 0.3 is 5.97 Å². The van der Waals surface area contributed by atoms with Crippen molar-refractivity contribution in [2.24, 2.45) is 0 Å². The van der Waals surface area contributed by atoms with Gasteiger partial charge in [0.05, 0.1) is 35.3 Å². The number of carbonyl (C=O) groups excluding carboxylic acids is 1. The molecule has 0 saturated carbocycles. The van der Waals surface area contributed by atoms with Crippen LogP contribution in [0.4, 0.5) is 0 Å². The first kappa shape index (κ1) is 25.0. The van der Waals surface area contributed by atoms with Gasteiger partial charge in [-0.3, -0.25) is 0 Å². The van der Waals surface area contributed by atoms with Crippen molar-refractivity contribution >= 4 is 17.7 Å². The largest absolute Gasteiger partial charge is 0.493 e. The van der Waals surface area contributed by atoms with E-state index in [1.54, 1.807) is 7.11 Å². The molecule has 1 aliphatic rings. The molecular weight excluding hydrogens is 448 g/mol. The summed E-state index contributed by atoms with van der Waals surface area (Å²) in [5.74, 6) is 0.775. The summed E-state index contributed by atoms with van der Waals surface area (Å²) in [6.07, 6.45) is 1.51. The molecule has 0 amide bonds. The van der Waals surface area contributed by atoms with Gasteiger partial charge in [-0.1, -0.05) is 56.0 Å². The minimum absolute atomic E-state index is 0.0834. The summed E-state index contributed by atoms with van der Waals surface area (Å²) in [6.45, 7) is 7.91. The van der Waals surface area contributed by atoms with Crippen LogP contribution in [0, 0.1) is 11.3 Å². The predicted molar refractivity (Wildman–Crippen MR) is 134 cm³/mol. The second-order valence-electron chi connectivity index (χ2n) is 7.46. The van der Waals surface area contributed by atoms with Crippen molar-refractivity contribution in [1.82, 2.24) is 5.32 Å². The molecule has 1 heterocycles. The second-order valence-corrected chi connectivity index (χ2v) is 8.73. The van der Waals surface area contributed by atoms with Crippen LogP contribution in [0.3, 0.4) is 0 Å². The number of nitrogens with zero attached hydrogens (tertiary/aromatic N) is 1. The van der Waals surface area contributed by atoms with Gasteiger partial charge in [0.15, 0.2) is 11.5 Å². The molecule has 0 aliphatic carbocycles. The highest BCUT2D eigenvalue weighted by atomic mass is 32.2. The van der Waals surface area contributed by atoms with Gasteiger partial charge < -0.3 is 19.5 Å². The number of hydrogen-bond donors (Lipinski definition) is 1. The number of carbonyl (C=O) groups is 1. The molecule has 0 saturated heterocycles. The van der Waals surface area contributed by atoms with Gasteiger partial charge in [-0.25, -0.2) is 4.79 Å². The smallest absolute Gasteiger partial charge is 0.337 e. The van der Waals surface area contributed by atoms with Crippen molar-refractivity contribution < 1.29 is 19.0 Å². The molecular formula is C27H28N2O4S. The van der Waals surface area contributed by atoms with Crippen molar-refractivity contribution in [3.63, 3.8) is 0 Å². The SMILES string of the molecule is C=CCOC(=O)C1=C(C)NC(SCC)=C(C#N)[C@H]1c1ccc(OCc2ccccc2)c(OC)c1. The maximum atomic E-state index is 13.0. The lowest BCUT2D eigenvalue weighted by atomic mass is 9.82. The summed E-state index contributed by atoms with van der Waals surface area (Å²) in [7, 11) is 1.57. The Morgan fingerprint density at radius 1 is 1.24 bits per heavy atom. The quantitative estimate of drug-likeness (QED) is 0.361. The van der Waals surface area contributed by atoms with Crippen LogP contribution >= 0.6 is 11.8 Å². The number of dihydropyridines is 1. The zero-order valence-electron chi connectivity index (χ0n) is 19.6. The van der Waals surface area contributed by atoms with Crippen molar-refractivity contribution in [1.29, 1.82) is 5.26 Å². The van der Waals surface area contributed by atoms with Crippen LogP contribution in [0.15, 0.2) is 83.1 Å². The molecule has 3 rings (SSSR count). The fourth-order valence-electron chi connectivity index (χ4n) is 3.71. The summed E-state index contributed by atoms with van der Waals surface area (Å²) in [6, 6.07) is 17.6. The van der Waals surface area contributed by atoms with E-state index in [9.17, 15) is 10.1 Å². The Hall–Kier alpha value is -3.63. The maximum Gasteiger partial charge on any atom is 0.337 e. The molecule has 176 valence electrons. The average Bonchev–Trinajstić information content (AvgIpc) is 2.86. The van der Waals surface area contributed by atoms with E-state index in [2.05, 4.69) is 18.0 Å². The Bertz CT molecular complexity index is 1150. The van der Waals surface area contributed by atoms with Gasteiger partial charge in [-0.2, -0.15) is 5.26 Å². The Labute approximate surface area is 204 Å². The lowest BCUT2D eigenvalue weighted by Gasteiger charge is -2.29. The highest BCUT2D eigenvalue weighted by molar-refractivity contribution is 8.03. The molecule has 1 aliphatic heterocycles. The first-order valence-electron chi connectivity index (χ1n) is 10.9. The third kappa shape index (κ3) is 5.64. The average molecular weight is 477 g/mol. The van der Waals surface area contributed by atoms with Crippen molar-refractivity contribution in [3.8, 4) is 17.6 Å². The van der Waals surface area contributed by atoms with Crippen molar-refractivity contribution in [3.05, 3.63) is 94.2 Å². The first-order chi connectivity index (χ1) is 16.5. The van der Waals surface area contributed by atoms with E-state index in [-0.39, 0.29) is 6.61 Å². The maximum absolute atomic E-state index is 13.0. The molecule has 0 radical (unpaired) electrons. The number of esters is 1. The molecule has 7 heteroatoms. The molecule has 0 spiro atoms. The van der Waals surface area contributed by atoms with E-state index in [1.165, 1.54) is 17.8 Å². The molecule has 0 fully saturated rings. The van der Waals surface area contributed by atoms with Gasteiger partial charge in [0.25, 0.3) is 0 Å². The molecule has 1 atom stereocenters. The number of thioether (sulfide) groups is 1. The lowest BCUT2D eigenvalue weighted by Crippen LogP contribution is -2.29. The standard InChI is InChI=1S/C27H28N2O4S/c1-5-14-32-27(30)24-18(3)29-26(34-6-2)21(16-28)25(24)20-12-13-22(23(15-20)31-4)33-17-19-10-8-7-9-11-19/h5,7-13,15,25,29H,1,6,14,17H2,2-4H3/t25-/m1/s1. The molecule has 6 nitrogen and oxygen atoms in total. The monoisotopic (exact) mass is 476 g/mol. The summed E-state index contributed by atoms with van der Waals surface area (Å²) in [4.78, 5) is 13.0. The van der Waals surface area contributed by atoms with Gasteiger partial charge in [0.1, 0.15) is 13.2 Å². The molecule has 0 bridgehead atoms. The van der Waals surface area contributed by atoms with Gasteiger partial charge in [-0.05, 0) is 35.9 Å². The van der Waals surface area contributed by atoms with Crippen molar-refractivity contribution in [2.75, 3.05) is 19.5 Å². The number of hydrogen-bond acceptors (Lipinski definition) is 7. The summed E-state index contributed by atoms with van der Waals surface area (Å²) in [5.41, 5.74) is 3.27. The van der Waals surface area contributed by atoms with Gasteiger partial charge in [0.2, 0.25) is 0 Å². The second kappa shape index (κ2) is 12.0. The summed E-state index contributed by atoms with van der Waals surface area (Å²) in [5, 5.41) is 14.0. The number of nitriles is 1. The van der Waals surface area contributed by atoms with Crippen LogP contribution in [0.1, 0.15) is 30.9 Å². The fraction of sp³-hybridized carbons (Fsp3) is 0.259. The van der Waals surface area contributed by atoms with Crippen LogP contribution in [-0.2, 0) is 16.1 Å².